The van der Waals surface area contributed by atoms with Crippen molar-refractivity contribution in [1.29, 1.82) is 0 Å². The molecule has 0 aliphatic heterocycles. The monoisotopic (exact) mass is 340 g/mol. The summed E-state index contributed by atoms with van der Waals surface area (Å²) in [5.41, 5.74) is 4.19. The van der Waals surface area contributed by atoms with Gasteiger partial charge in [-0.15, -0.1) is 0 Å². The molecule has 3 aromatic carbocycles. The van der Waals surface area contributed by atoms with Gasteiger partial charge in [-0.05, 0) is 29.0 Å². The summed E-state index contributed by atoms with van der Waals surface area (Å²) in [6, 6.07) is 33.5. The quantitative estimate of drug-likeness (QED) is 0.439. The molecular formula is C26H28. The Balaban J connectivity index is 1.90. The maximum absolute atomic E-state index is 2.32. The normalized spacial score (nSPS) is 15.7. The van der Waals surface area contributed by atoms with Gasteiger partial charge in [-0.25, -0.2) is 0 Å². The highest BCUT2D eigenvalue weighted by atomic mass is 14.4. The zero-order valence-electron chi connectivity index (χ0n) is 15.5. The van der Waals surface area contributed by atoms with Crippen LogP contribution in [0.15, 0.2) is 91.0 Å². The average Bonchev–Trinajstić information content (AvgIpc) is 2.75. The fraction of sp³-hybridized carbons (Fsp3) is 0.308. The van der Waals surface area contributed by atoms with Crippen LogP contribution in [0.1, 0.15) is 55.2 Å². The molecule has 3 aromatic rings. The van der Waals surface area contributed by atoms with Crippen LogP contribution in [0.5, 0.6) is 0 Å². The molecule has 1 aliphatic rings. The van der Waals surface area contributed by atoms with Gasteiger partial charge in [-0.1, -0.05) is 123 Å². The van der Waals surface area contributed by atoms with Crippen molar-refractivity contribution >= 4 is 0 Å². The Labute approximate surface area is 157 Å². The molecule has 0 aromatic heterocycles. The van der Waals surface area contributed by atoms with Crippen LogP contribution in [-0.2, 0) is 5.41 Å². The summed E-state index contributed by atoms with van der Waals surface area (Å²) in [6.45, 7) is 0. The second kappa shape index (κ2) is 7.91. The molecule has 0 saturated heterocycles. The van der Waals surface area contributed by atoms with Gasteiger partial charge >= 0.3 is 0 Å². The van der Waals surface area contributed by atoms with Gasteiger partial charge in [0.15, 0.2) is 0 Å². The van der Waals surface area contributed by atoms with E-state index in [4.69, 9.17) is 0 Å². The van der Waals surface area contributed by atoms with Crippen LogP contribution in [0.2, 0.25) is 0 Å². The molecule has 0 bridgehead atoms. The van der Waals surface area contributed by atoms with E-state index in [-0.39, 0.29) is 5.41 Å². The predicted molar refractivity (Wildman–Crippen MR) is 110 cm³/mol. The van der Waals surface area contributed by atoms with E-state index in [9.17, 15) is 0 Å². The predicted octanol–water partition coefficient (Wildman–Crippen LogP) is 6.99. The molecular weight excluding hydrogens is 312 g/mol. The first-order valence-electron chi connectivity index (χ1n) is 10.1. The lowest BCUT2D eigenvalue weighted by atomic mass is 9.63. The summed E-state index contributed by atoms with van der Waals surface area (Å²) < 4.78 is 0. The molecule has 1 saturated carbocycles. The molecule has 132 valence electrons. The van der Waals surface area contributed by atoms with E-state index in [2.05, 4.69) is 91.0 Å². The molecule has 1 fully saturated rings. The van der Waals surface area contributed by atoms with Crippen molar-refractivity contribution in [1.82, 2.24) is 0 Å². The molecule has 0 nitrogen and oxygen atoms in total. The first-order valence-corrected chi connectivity index (χ1v) is 10.1. The Morgan fingerprint density at radius 1 is 0.538 bits per heavy atom. The smallest absolute Gasteiger partial charge is 0.0454 e. The summed E-state index contributed by atoms with van der Waals surface area (Å²) in [7, 11) is 0. The lowest BCUT2D eigenvalue weighted by Gasteiger charge is -2.40. The Morgan fingerprint density at radius 2 is 0.923 bits per heavy atom. The van der Waals surface area contributed by atoms with E-state index in [0.29, 0.717) is 0 Å². The molecule has 0 heteroatoms. The van der Waals surface area contributed by atoms with Gasteiger partial charge in [0.25, 0.3) is 0 Å². The Bertz CT molecular complexity index is 687. The average molecular weight is 341 g/mol. The topological polar surface area (TPSA) is 0 Å². The number of hydrogen-bond donors (Lipinski definition) is 0. The molecule has 1 aliphatic carbocycles. The van der Waals surface area contributed by atoms with Crippen LogP contribution in [0, 0.1) is 5.92 Å². The standard InChI is InChI=1S/C26H28/c1-5-13-22(14-6-1)21-26(23-15-7-2-8-16-23,24-17-9-3-10-18-24)25-19-11-4-12-20-25/h2-4,7-12,15-20,22H,1,5-6,13-14,21H2. The molecule has 0 spiro atoms. The van der Waals surface area contributed by atoms with Crippen molar-refractivity contribution in [3.05, 3.63) is 108 Å². The van der Waals surface area contributed by atoms with E-state index in [1.165, 1.54) is 55.2 Å². The maximum Gasteiger partial charge on any atom is 0.0454 e. The molecule has 26 heavy (non-hydrogen) atoms. The fourth-order valence-electron chi connectivity index (χ4n) is 4.85. The van der Waals surface area contributed by atoms with Crippen molar-refractivity contribution in [2.75, 3.05) is 0 Å². The molecule has 0 heterocycles. The summed E-state index contributed by atoms with van der Waals surface area (Å²) in [4.78, 5) is 0. The van der Waals surface area contributed by atoms with E-state index in [1.807, 2.05) is 0 Å². The highest BCUT2D eigenvalue weighted by molar-refractivity contribution is 5.50. The van der Waals surface area contributed by atoms with Gasteiger partial charge in [-0.2, -0.15) is 0 Å². The molecule has 0 N–H and O–H groups in total. The van der Waals surface area contributed by atoms with Crippen molar-refractivity contribution in [3.8, 4) is 0 Å². The SMILES string of the molecule is c1ccc(C(CC2CCCCC2)(c2ccccc2)c2ccccc2)cc1. The largest absolute Gasteiger partial charge is 0.0622 e. The van der Waals surface area contributed by atoms with Crippen LogP contribution < -0.4 is 0 Å². The highest BCUT2D eigenvalue weighted by Crippen LogP contribution is 2.46. The minimum absolute atomic E-state index is 0.0637. The van der Waals surface area contributed by atoms with Crippen molar-refractivity contribution in [3.63, 3.8) is 0 Å². The van der Waals surface area contributed by atoms with E-state index < -0.39 is 0 Å². The van der Waals surface area contributed by atoms with Gasteiger partial charge in [0.2, 0.25) is 0 Å². The Hall–Kier alpha value is -2.34. The molecule has 0 atom stereocenters. The third-order valence-corrected chi connectivity index (χ3v) is 6.12. The summed E-state index contributed by atoms with van der Waals surface area (Å²) in [6.07, 6.45) is 8.12. The summed E-state index contributed by atoms with van der Waals surface area (Å²) in [5, 5.41) is 0. The fourth-order valence-corrected chi connectivity index (χ4v) is 4.85. The van der Waals surface area contributed by atoms with Crippen LogP contribution in [0.4, 0.5) is 0 Å². The van der Waals surface area contributed by atoms with E-state index in [1.54, 1.807) is 0 Å². The van der Waals surface area contributed by atoms with Gasteiger partial charge in [0.05, 0.1) is 0 Å². The minimum Gasteiger partial charge on any atom is -0.0622 e. The van der Waals surface area contributed by atoms with Crippen LogP contribution in [0.3, 0.4) is 0 Å². The number of hydrogen-bond acceptors (Lipinski definition) is 0. The molecule has 4 rings (SSSR count). The highest BCUT2D eigenvalue weighted by Gasteiger charge is 2.38. The van der Waals surface area contributed by atoms with Gasteiger partial charge < -0.3 is 0 Å². The summed E-state index contributed by atoms with van der Waals surface area (Å²) in [5.74, 6) is 0.796. The van der Waals surface area contributed by atoms with Crippen molar-refractivity contribution in [2.24, 2.45) is 5.92 Å². The third kappa shape index (κ3) is 3.33. The zero-order chi connectivity index (χ0) is 17.7. The van der Waals surface area contributed by atoms with Crippen LogP contribution >= 0.6 is 0 Å². The Kier molecular flexibility index (Phi) is 5.20. The maximum atomic E-state index is 2.32. The lowest BCUT2D eigenvalue weighted by Crippen LogP contribution is -2.32. The number of rotatable bonds is 5. The van der Waals surface area contributed by atoms with E-state index >= 15 is 0 Å². The third-order valence-electron chi connectivity index (χ3n) is 6.12. The molecule has 0 unspecified atom stereocenters. The zero-order valence-corrected chi connectivity index (χ0v) is 15.5. The van der Waals surface area contributed by atoms with Gasteiger partial charge in [0, 0.05) is 5.41 Å². The second-order valence-electron chi connectivity index (χ2n) is 7.71. The number of benzene rings is 3. The van der Waals surface area contributed by atoms with Crippen LogP contribution in [0.25, 0.3) is 0 Å². The molecule has 0 radical (unpaired) electrons. The van der Waals surface area contributed by atoms with E-state index in [0.717, 1.165) is 5.92 Å². The first-order chi connectivity index (χ1) is 12.9. The van der Waals surface area contributed by atoms with Gasteiger partial charge in [-0.3, -0.25) is 0 Å². The summed E-state index contributed by atoms with van der Waals surface area (Å²) >= 11 is 0. The Morgan fingerprint density at radius 3 is 1.31 bits per heavy atom. The second-order valence-corrected chi connectivity index (χ2v) is 7.71. The van der Waals surface area contributed by atoms with Gasteiger partial charge in [0.1, 0.15) is 0 Å². The minimum atomic E-state index is -0.0637. The first kappa shape index (κ1) is 17.1. The van der Waals surface area contributed by atoms with Crippen molar-refractivity contribution in [2.45, 2.75) is 43.9 Å². The molecule has 0 amide bonds. The lowest BCUT2D eigenvalue weighted by molar-refractivity contribution is 0.300. The van der Waals surface area contributed by atoms with Crippen molar-refractivity contribution < 1.29 is 0 Å². The van der Waals surface area contributed by atoms with Crippen LogP contribution in [-0.4, -0.2) is 0 Å².